The van der Waals surface area contributed by atoms with Gasteiger partial charge in [-0.05, 0) is 48.9 Å². The number of rotatable bonds is 6. The van der Waals surface area contributed by atoms with Gasteiger partial charge in [-0.15, -0.1) is 0 Å². The Kier molecular flexibility index (Phi) is 5.22. The van der Waals surface area contributed by atoms with Gasteiger partial charge in [-0.25, -0.2) is 4.79 Å². The van der Waals surface area contributed by atoms with Crippen LogP contribution in [0.4, 0.5) is 5.69 Å². The lowest BCUT2D eigenvalue weighted by atomic mass is 10.2. The average molecular weight is 350 g/mol. The SMILES string of the molecule is Cc1cc(Br)ccc1NCCOc1cccc(C(=O)O)c1. The number of ether oxygens (including phenoxy) is 1. The van der Waals surface area contributed by atoms with Gasteiger partial charge < -0.3 is 15.2 Å². The maximum atomic E-state index is 10.9. The van der Waals surface area contributed by atoms with Crippen LogP contribution < -0.4 is 10.1 Å². The minimum absolute atomic E-state index is 0.226. The molecule has 2 rings (SSSR count). The Bertz CT molecular complexity index is 643. The molecule has 110 valence electrons. The number of aromatic carboxylic acids is 1. The van der Waals surface area contributed by atoms with Crippen LogP contribution in [0.1, 0.15) is 15.9 Å². The maximum Gasteiger partial charge on any atom is 0.335 e. The van der Waals surface area contributed by atoms with Crippen molar-refractivity contribution in [3.05, 3.63) is 58.1 Å². The van der Waals surface area contributed by atoms with Crippen LogP contribution >= 0.6 is 15.9 Å². The van der Waals surface area contributed by atoms with Gasteiger partial charge in [0.2, 0.25) is 0 Å². The van der Waals surface area contributed by atoms with Gasteiger partial charge in [0.15, 0.2) is 0 Å². The van der Waals surface area contributed by atoms with Gasteiger partial charge in [0.05, 0.1) is 5.56 Å². The summed E-state index contributed by atoms with van der Waals surface area (Å²) >= 11 is 3.43. The zero-order valence-electron chi connectivity index (χ0n) is 11.6. The second kappa shape index (κ2) is 7.13. The molecule has 0 aromatic heterocycles. The summed E-state index contributed by atoms with van der Waals surface area (Å²) in [5.74, 6) is -0.395. The van der Waals surface area contributed by atoms with Gasteiger partial charge in [-0.3, -0.25) is 0 Å². The highest BCUT2D eigenvalue weighted by Crippen LogP contribution is 2.20. The number of benzene rings is 2. The molecule has 0 atom stereocenters. The summed E-state index contributed by atoms with van der Waals surface area (Å²) in [6, 6.07) is 12.5. The highest BCUT2D eigenvalue weighted by Gasteiger charge is 2.03. The molecule has 0 saturated heterocycles. The monoisotopic (exact) mass is 349 g/mol. The van der Waals surface area contributed by atoms with Gasteiger partial charge >= 0.3 is 5.97 Å². The molecule has 4 nitrogen and oxygen atoms in total. The third kappa shape index (κ3) is 4.49. The molecular formula is C16H16BrNO3. The summed E-state index contributed by atoms with van der Waals surface area (Å²) in [6.07, 6.45) is 0. The van der Waals surface area contributed by atoms with Crippen molar-refractivity contribution in [1.29, 1.82) is 0 Å². The van der Waals surface area contributed by atoms with Gasteiger partial charge in [-0.1, -0.05) is 22.0 Å². The van der Waals surface area contributed by atoms with Crippen molar-refractivity contribution in [1.82, 2.24) is 0 Å². The molecule has 0 heterocycles. The normalized spacial score (nSPS) is 10.2. The first-order valence-corrected chi connectivity index (χ1v) is 7.32. The molecule has 5 heteroatoms. The van der Waals surface area contributed by atoms with Crippen molar-refractivity contribution in [2.75, 3.05) is 18.5 Å². The van der Waals surface area contributed by atoms with E-state index < -0.39 is 5.97 Å². The quantitative estimate of drug-likeness (QED) is 0.775. The van der Waals surface area contributed by atoms with E-state index >= 15 is 0 Å². The van der Waals surface area contributed by atoms with Gasteiger partial charge in [0.25, 0.3) is 0 Å². The van der Waals surface area contributed by atoms with Crippen LogP contribution in [0.2, 0.25) is 0 Å². The Morgan fingerprint density at radius 1 is 1.29 bits per heavy atom. The summed E-state index contributed by atoms with van der Waals surface area (Å²) in [5, 5.41) is 12.2. The first-order valence-electron chi connectivity index (χ1n) is 6.52. The van der Waals surface area contributed by atoms with Gasteiger partial charge in [-0.2, -0.15) is 0 Å². The van der Waals surface area contributed by atoms with Gasteiger partial charge in [0, 0.05) is 16.7 Å². The fraction of sp³-hybridized carbons (Fsp3) is 0.188. The molecule has 0 aliphatic heterocycles. The van der Waals surface area contributed by atoms with Crippen molar-refractivity contribution in [3.8, 4) is 5.75 Å². The van der Waals surface area contributed by atoms with E-state index in [2.05, 4.69) is 21.2 Å². The fourth-order valence-corrected chi connectivity index (χ4v) is 2.37. The van der Waals surface area contributed by atoms with Crippen molar-refractivity contribution in [2.45, 2.75) is 6.92 Å². The molecule has 21 heavy (non-hydrogen) atoms. The molecule has 2 N–H and O–H groups in total. The number of anilines is 1. The Labute approximate surface area is 131 Å². The van der Waals surface area contributed by atoms with Crippen LogP contribution in [0.3, 0.4) is 0 Å². The number of hydrogen-bond donors (Lipinski definition) is 2. The van der Waals surface area contributed by atoms with Crippen molar-refractivity contribution < 1.29 is 14.6 Å². The second-order valence-electron chi connectivity index (χ2n) is 4.57. The zero-order valence-corrected chi connectivity index (χ0v) is 13.2. The van der Waals surface area contributed by atoms with Crippen LogP contribution in [-0.4, -0.2) is 24.2 Å². The number of aryl methyl sites for hydroxylation is 1. The molecule has 0 radical (unpaired) electrons. The van der Waals surface area contributed by atoms with Crippen molar-refractivity contribution in [2.24, 2.45) is 0 Å². The van der Waals surface area contributed by atoms with Crippen LogP contribution in [0, 0.1) is 6.92 Å². The van der Waals surface area contributed by atoms with Crippen LogP contribution in [0.25, 0.3) is 0 Å². The molecule has 0 unspecified atom stereocenters. The molecule has 0 saturated carbocycles. The van der Waals surface area contributed by atoms with Crippen molar-refractivity contribution >= 4 is 27.6 Å². The third-order valence-electron chi connectivity index (χ3n) is 2.96. The zero-order chi connectivity index (χ0) is 15.2. The highest BCUT2D eigenvalue weighted by atomic mass is 79.9. The number of hydrogen-bond acceptors (Lipinski definition) is 3. The summed E-state index contributed by atoms with van der Waals surface area (Å²) in [4.78, 5) is 10.9. The average Bonchev–Trinajstić information content (AvgIpc) is 2.45. The van der Waals surface area contributed by atoms with E-state index in [1.54, 1.807) is 18.2 Å². The standard InChI is InChI=1S/C16H16BrNO3/c1-11-9-13(17)5-6-15(11)18-7-8-21-14-4-2-3-12(10-14)16(19)20/h2-6,9-10,18H,7-8H2,1H3,(H,19,20). The summed E-state index contributed by atoms with van der Waals surface area (Å²) < 4.78 is 6.60. The Morgan fingerprint density at radius 3 is 2.81 bits per heavy atom. The van der Waals surface area contributed by atoms with E-state index in [0.29, 0.717) is 18.9 Å². The van der Waals surface area contributed by atoms with E-state index in [1.165, 1.54) is 6.07 Å². The molecule has 0 fully saturated rings. The largest absolute Gasteiger partial charge is 0.492 e. The summed E-state index contributed by atoms with van der Waals surface area (Å²) in [6.45, 7) is 3.13. The highest BCUT2D eigenvalue weighted by molar-refractivity contribution is 9.10. The van der Waals surface area contributed by atoms with E-state index in [4.69, 9.17) is 9.84 Å². The van der Waals surface area contributed by atoms with Crippen molar-refractivity contribution in [3.63, 3.8) is 0 Å². The molecular weight excluding hydrogens is 334 g/mol. The van der Waals surface area contributed by atoms with Crippen LogP contribution in [0.15, 0.2) is 46.9 Å². The number of carboxylic acid groups (broad SMARTS) is 1. The van der Waals surface area contributed by atoms with E-state index in [-0.39, 0.29) is 5.56 Å². The minimum Gasteiger partial charge on any atom is -0.492 e. The first-order chi connectivity index (χ1) is 10.1. The Morgan fingerprint density at radius 2 is 2.10 bits per heavy atom. The fourth-order valence-electron chi connectivity index (χ4n) is 1.90. The molecule has 0 amide bonds. The van der Waals surface area contributed by atoms with E-state index in [1.807, 2.05) is 25.1 Å². The molecule has 2 aromatic rings. The molecule has 0 aliphatic carbocycles. The first kappa shape index (κ1) is 15.4. The lowest BCUT2D eigenvalue weighted by Gasteiger charge is -2.11. The number of carboxylic acids is 1. The lowest BCUT2D eigenvalue weighted by Crippen LogP contribution is -2.12. The predicted molar refractivity (Wildman–Crippen MR) is 86.3 cm³/mol. The summed E-state index contributed by atoms with van der Waals surface area (Å²) in [5.41, 5.74) is 2.43. The Balaban J connectivity index is 1.84. The van der Waals surface area contributed by atoms with E-state index in [9.17, 15) is 4.79 Å². The second-order valence-corrected chi connectivity index (χ2v) is 5.48. The number of nitrogens with one attached hydrogen (secondary N) is 1. The molecule has 0 bridgehead atoms. The smallest absolute Gasteiger partial charge is 0.335 e. The summed E-state index contributed by atoms with van der Waals surface area (Å²) in [7, 11) is 0. The van der Waals surface area contributed by atoms with Crippen LogP contribution in [-0.2, 0) is 0 Å². The van der Waals surface area contributed by atoms with Gasteiger partial charge in [0.1, 0.15) is 12.4 Å². The molecule has 0 spiro atoms. The minimum atomic E-state index is -0.955. The van der Waals surface area contributed by atoms with E-state index in [0.717, 1.165) is 15.7 Å². The lowest BCUT2D eigenvalue weighted by molar-refractivity contribution is 0.0696. The number of carbonyl (C=O) groups is 1. The number of halogens is 1. The predicted octanol–water partition coefficient (Wildman–Crippen LogP) is 3.95. The third-order valence-corrected chi connectivity index (χ3v) is 3.45. The molecule has 0 aliphatic rings. The van der Waals surface area contributed by atoms with Crippen LogP contribution in [0.5, 0.6) is 5.75 Å². The topological polar surface area (TPSA) is 58.6 Å². The molecule has 2 aromatic carbocycles. The Hall–Kier alpha value is -2.01. The maximum absolute atomic E-state index is 10.9.